The molecule has 0 aromatic heterocycles. The molecule has 1 amide bonds. The maximum absolute atomic E-state index is 11.0. The van der Waals surface area contributed by atoms with Gasteiger partial charge in [-0.15, -0.1) is 0 Å². The van der Waals surface area contributed by atoms with E-state index in [1.807, 2.05) is 13.8 Å². The summed E-state index contributed by atoms with van der Waals surface area (Å²) in [5.74, 6) is -0.980. The molecule has 1 heterocycles. The Labute approximate surface area is 116 Å². The van der Waals surface area contributed by atoms with E-state index in [1.165, 1.54) is 0 Å². The van der Waals surface area contributed by atoms with Crippen molar-refractivity contribution in [2.24, 2.45) is 0 Å². The van der Waals surface area contributed by atoms with Crippen molar-refractivity contribution in [2.45, 2.75) is 13.8 Å². The number of benzene rings is 1. The zero-order chi connectivity index (χ0) is 9.84. The first-order chi connectivity index (χ1) is 6.29. The molecule has 0 bridgehead atoms. The number of fused-ring (bicyclic) bond motifs is 1. The van der Waals surface area contributed by atoms with Gasteiger partial charge in [0.05, 0.1) is 11.3 Å². The molecule has 0 atom stereocenters. The van der Waals surface area contributed by atoms with Crippen molar-refractivity contribution in [2.75, 3.05) is 5.32 Å². The first-order valence-electron chi connectivity index (χ1n) is 4.24. The first kappa shape index (κ1) is 16.9. The summed E-state index contributed by atoms with van der Waals surface area (Å²) in [6.45, 7) is 4.00. The van der Waals surface area contributed by atoms with Crippen molar-refractivity contribution in [1.82, 2.24) is 0 Å². The molecule has 0 saturated carbocycles. The van der Waals surface area contributed by atoms with Crippen LogP contribution < -0.4 is 5.32 Å². The van der Waals surface area contributed by atoms with Gasteiger partial charge in [0.15, 0.2) is 0 Å². The topological polar surface area (TPSA) is 46.2 Å². The molecule has 3 nitrogen and oxygen atoms in total. The first-order valence-corrected chi connectivity index (χ1v) is 4.24. The number of carbonyl (C=O) groups excluding carboxylic acids is 2. The van der Waals surface area contributed by atoms with Gasteiger partial charge >= 0.3 is 0 Å². The summed E-state index contributed by atoms with van der Waals surface area (Å²) in [7, 11) is 0. The molecule has 15 heavy (non-hydrogen) atoms. The Balaban J connectivity index is 0. The third kappa shape index (κ3) is 3.51. The molecule has 0 fully saturated rings. The van der Waals surface area contributed by atoms with Gasteiger partial charge < -0.3 is 12.7 Å². The fraction of sp³-hybridized carbons (Fsp3) is 0.182. The molecular weight excluding hydrogens is 267 g/mol. The number of nitrogens with one attached hydrogen (secondary N) is 1. The van der Waals surface area contributed by atoms with Gasteiger partial charge in [-0.05, 0) is 12.1 Å². The number of hydrogen-bond donors (Lipinski definition) is 1. The molecule has 1 N–H and O–H groups in total. The molecule has 0 spiro atoms. The monoisotopic (exact) mass is 281 g/mol. The van der Waals surface area contributed by atoms with Crippen LogP contribution in [0.15, 0.2) is 24.3 Å². The predicted octanol–water partition coefficient (Wildman–Crippen LogP) is 2.30. The molecule has 4 heteroatoms. The quantitative estimate of drug-likeness (QED) is 0.586. The van der Waals surface area contributed by atoms with Crippen molar-refractivity contribution in [1.29, 1.82) is 0 Å². The van der Waals surface area contributed by atoms with Gasteiger partial charge in [-0.2, -0.15) is 0 Å². The number of rotatable bonds is 0. The van der Waals surface area contributed by atoms with Crippen molar-refractivity contribution in [3.8, 4) is 0 Å². The maximum Gasteiger partial charge on any atom is 0.296 e. The Kier molecular flexibility index (Phi) is 8.68. The standard InChI is InChI=1S/C8H5NO2.C2H6.CH3.Y/c10-7-5-3-1-2-4-6(5)9-8(7)11;1-2;;/h1-4H,(H,9,10,11);1-2H3;1H3;/q;;-1;. The van der Waals surface area contributed by atoms with Crippen molar-refractivity contribution in [3.63, 3.8) is 0 Å². The molecule has 0 aliphatic carbocycles. The molecule has 1 radical (unpaired) electrons. The van der Waals surface area contributed by atoms with Gasteiger partial charge in [-0.3, -0.25) is 9.59 Å². The predicted molar refractivity (Wildman–Crippen MR) is 57.2 cm³/mol. The fourth-order valence-electron chi connectivity index (χ4n) is 1.09. The third-order valence-electron chi connectivity index (χ3n) is 1.63. The molecule has 0 unspecified atom stereocenters. The van der Waals surface area contributed by atoms with Crippen LogP contribution in [0.1, 0.15) is 24.2 Å². The van der Waals surface area contributed by atoms with E-state index in [0.717, 1.165) is 0 Å². The fourth-order valence-corrected chi connectivity index (χ4v) is 1.09. The van der Waals surface area contributed by atoms with E-state index in [4.69, 9.17) is 0 Å². The molecule has 1 aliphatic heterocycles. The molecule has 1 aliphatic rings. The van der Waals surface area contributed by atoms with Gasteiger partial charge in [0.1, 0.15) is 0 Å². The number of Topliss-reactive ketones (excluding diaryl/α,β-unsaturated/α-hetero) is 1. The Morgan fingerprint density at radius 1 is 1.07 bits per heavy atom. The van der Waals surface area contributed by atoms with Gasteiger partial charge in [-0.1, -0.05) is 26.0 Å². The summed E-state index contributed by atoms with van der Waals surface area (Å²) in [5, 5.41) is 2.46. The minimum absolute atomic E-state index is 0. The second-order valence-electron chi connectivity index (χ2n) is 2.33. The van der Waals surface area contributed by atoms with Crippen LogP contribution in [0.2, 0.25) is 0 Å². The van der Waals surface area contributed by atoms with E-state index in [-0.39, 0.29) is 40.1 Å². The zero-order valence-corrected chi connectivity index (χ0v) is 12.0. The number of amides is 1. The third-order valence-corrected chi connectivity index (χ3v) is 1.63. The minimum Gasteiger partial charge on any atom is -0.358 e. The summed E-state index contributed by atoms with van der Waals surface area (Å²) >= 11 is 0. The van der Waals surface area contributed by atoms with E-state index in [2.05, 4.69) is 5.32 Å². The number of hydrogen-bond acceptors (Lipinski definition) is 2. The van der Waals surface area contributed by atoms with E-state index in [0.29, 0.717) is 11.3 Å². The maximum atomic E-state index is 11.0. The van der Waals surface area contributed by atoms with Gasteiger partial charge in [-0.25, -0.2) is 0 Å². The summed E-state index contributed by atoms with van der Waals surface area (Å²) in [6, 6.07) is 6.85. The summed E-state index contributed by atoms with van der Waals surface area (Å²) in [6.07, 6.45) is 0. The number of anilines is 1. The van der Waals surface area contributed by atoms with Crippen LogP contribution in [0.5, 0.6) is 0 Å². The summed E-state index contributed by atoms with van der Waals surface area (Å²) in [5.41, 5.74) is 1.08. The Hall–Kier alpha value is -0.536. The molecule has 79 valence electrons. The van der Waals surface area contributed by atoms with Gasteiger partial charge in [0.2, 0.25) is 0 Å². The SMILES string of the molecule is CC.O=C1Nc2ccccc2C1=O.[CH3-].[Y]. The van der Waals surface area contributed by atoms with Crippen LogP contribution in [0.4, 0.5) is 5.69 Å². The molecule has 0 saturated heterocycles. The van der Waals surface area contributed by atoms with Crippen molar-refractivity contribution >= 4 is 17.4 Å². The Morgan fingerprint density at radius 2 is 1.60 bits per heavy atom. The summed E-state index contributed by atoms with van der Waals surface area (Å²) < 4.78 is 0. The van der Waals surface area contributed by atoms with E-state index < -0.39 is 11.7 Å². The normalized spacial score (nSPS) is 11.1. The van der Waals surface area contributed by atoms with Crippen LogP contribution >= 0.6 is 0 Å². The number of para-hydroxylation sites is 1. The van der Waals surface area contributed by atoms with Crippen molar-refractivity contribution in [3.05, 3.63) is 37.3 Å². The van der Waals surface area contributed by atoms with E-state index in [9.17, 15) is 9.59 Å². The van der Waals surface area contributed by atoms with Crippen LogP contribution in [-0.4, -0.2) is 11.7 Å². The van der Waals surface area contributed by atoms with Gasteiger partial charge in [0, 0.05) is 32.7 Å². The molecule has 1 aromatic rings. The second-order valence-corrected chi connectivity index (χ2v) is 2.33. The van der Waals surface area contributed by atoms with Gasteiger partial charge in [0.25, 0.3) is 11.7 Å². The number of ketones is 1. The largest absolute Gasteiger partial charge is 0.358 e. The molecule has 1 aromatic carbocycles. The van der Waals surface area contributed by atoms with Crippen LogP contribution in [0.3, 0.4) is 0 Å². The van der Waals surface area contributed by atoms with Crippen molar-refractivity contribution < 1.29 is 42.3 Å². The van der Waals surface area contributed by atoms with Crippen LogP contribution in [0.25, 0.3) is 0 Å². The zero-order valence-electron chi connectivity index (χ0n) is 9.20. The Morgan fingerprint density at radius 3 is 2.13 bits per heavy atom. The van der Waals surface area contributed by atoms with Crippen LogP contribution in [0, 0.1) is 7.43 Å². The number of carbonyl (C=O) groups is 2. The molecular formula is C11H14NO2Y-. The average Bonchev–Trinajstić information content (AvgIpc) is 2.47. The Bertz CT molecular complexity index is 350. The minimum atomic E-state index is -0.536. The average molecular weight is 281 g/mol. The smallest absolute Gasteiger partial charge is 0.296 e. The summed E-state index contributed by atoms with van der Waals surface area (Å²) in [4.78, 5) is 21.8. The van der Waals surface area contributed by atoms with E-state index >= 15 is 0 Å². The van der Waals surface area contributed by atoms with Crippen LogP contribution in [-0.2, 0) is 37.5 Å². The van der Waals surface area contributed by atoms with E-state index in [1.54, 1.807) is 24.3 Å². The second kappa shape index (κ2) is 7.72. The molecule has 2 rings (SSSR count).